The van der Waals surface area contributed by atoms with E-state index in [2.05, 4.69) is 23.2 Å². The molecule has 0 aliphatic rings. The highest BCUT2D eigenvalue weighted by Crippen LogP contribution is 2.26. The summed E-state index contributed by atoms with van der Waals surface area (Å²) in [6.45, 7) is 0. The van der Waals surface area contributed by atoms with Crippen LogP contribution in [0.1, 0.15) is 0 Å². The normalized spacial score (nSPS) is 10.8. The molecular weight excluding hydrogens is 216 g/mol. The van der Waals surface area contributed by atoms with Crippen molar-refractivity contribution in [3.8, 4) is 11.1 Å². The topological polar surface area (TPSA) is 38.9 Å². The lowest BCUT2D eigenvalue weighted by Gasteiger charge is -2.01. The predicted octanol–water partition coefficient (Wildman–Crippen LogP) is 3.55. The van der Waals surface area contributed by atoms with Crippen LogP contribution in [0.3, 0.4) is 0 Å². The first-order valence-corrected chi connectivity index (χ1v) is 5.90. The molecule has 0 aliphatic carbocycles. The summed E-state index contributed by atoms with van der Waals surface area (Å²) in [6, 6.07) is 14.2. The van der Waals surface area contributed by atoms with E-state index in [0.29, 0.717) is 0 Å². The lowest BCUT2D eigenvalue weighted by Crippen LogP contribution is -1.83. The van der Waals surface area contributed by atoms with Crippen LogP contribution < -0.4 is 5.73 Å². The van der Waals surface area contributed by atoms with E-state index < -0.39 is 0 Å². The Kier molecular flexibility index (Phi) is 2.11. The van der Waals surface area contributed by atoms with Crippen molar-refractivity contribution in [3.05, 3.63) is 48.0 Å². The van der Waals surface area contributed by atoms with Gasteiger partial charge in [-0.15, -0.1) is 11.3 Å². The monoisotopic (exact) mass is 226 g/mol. The second kappa shape index (κ2) is 3.61. The summed E-state index contributed by atoms with van der Waals surface area (Å²) in [5.74, 6) is 0. The molecule has 2 aromatic carbocycles. The molecule has 78 valence electrons. The second-order valence-electron chi connectivity index (χ2n) is 3.66. The molecule has 2 N–H and O–H groups in total. The Hall–Kier alpha value is -1.87. The SMILES string of the molecule is Nc1ccc(-c2ccc3scnc3c2)cc1. The molecule has 3 heteroatoms. The fraction of sp³-hybridized carbons (Fsp3) is 0. The largest absolute Gasteiger partial charge is 0.399 e. The highest BCUT2D eigenvalue weighted by molar-refractivity contribution is 7.16. The second-order valence-corrected chi connectivity index (χ2v) is 4.54. The van der Waals surface area contributed by atoms with E-state index in [1.165, 1.54) is 15.8 Å². The first-order chi connectivity index (χ1) is 7.83. The van der Waals surface area contributed by atoms with Gasteiger partial charge in [-0.05, 0) is 35.4 Å². The Morgan fingerprint density at radius 3 is 2.50 bits per heavy atom. The number of rotatable bonds is 1. The third-order valence-electron chi connectivity index (χ3n) is 2.57. The minimum absolute atomic E-state index is 0.790. The summed E-state index contributed by atoms with van der Waals surface area (Å²) in [6.07, 6.45) is 0. The molecule has 3 aromatic rings. The van der Waals surface area contributed by atoms with Crippen molar-refractivity contribution < 1.29 is 0 Å². The zero-order valence-electron chi connectivity index (χ0n) is 8.55. The van der Waals surface area contributed by atoms with E-state index >= 15 is 0 Å². The number of thiazole rings is 1. The van der Waals surface area contributed by atoms with Crippen molar-refractivity contribution >= 4 is 27.2 Å². The minimum Gasteiger partial charge on any atom is -0.399 e. The van der Waals surface area contributed by atoms with Gasteiger partial charge in [0.05, 0.1) is 15.7 Å². The van der Waals surface area contributed by atoms with Crippen molar-refractivity contribution in [2.45, 2.75) is 0 Å². The third-order valence-corrected chi connectivity index (χ3v) is 3.38. The molecule has 0 spiro atoms. The molecule has 16 heavy (non-hydrogen) atoms. The highest BCUT2D eigenvalue weighted by atomic mass is 32.1. The van der Waals surface area contributed by atoms with Crippen LogP contribution in [0, 0.1) is 0 Å². The van der Waals surface area contributed by atoms with E-state index in [9.17, 15) is 0 Å². The third kappa shape index (κ3) is 1.55. The number of hydrogen-bond acceptors (Lipinski definition) is 3. The number of nitrogens with two attached hydrogens (primary N) is 1. The zero-order valence-corrected chi connectivity index (χ0v) is 9.37. The summed E-state index contributed by atoms with van der Waals surface area (Å²) in [4.78, 5) is 4.32. The summed E-state index contributed by atoms with van der Waals surface area (Å²) in [5, 5.41) is 0. The maximum Gasteiger partial charge on any atom is 0.0818 e. The van der Waals surface area contributed by atoms with Crippen LogP contribution in [0.25, 0.3) is 21.3 Å². The van der Waals surface area contributed by atoms with Crippen molar-refractivity contribution in [1.82, 2.24) is 4.98 Å². The van der Waals surface area contributed by atoms with E-state index in [0.717, 1.165) is 11.2 Å². The molecule has 0 fully saturated rings. The fourth-order valence-electron chi connectivity index (χ4n) is 1.71. The standard InChI is InChI=1S/C13H10N2S/c14-11-4-1-9(2-5-11)10-3-6-13-12(7-10)15-8-16-13/h1-8H,14H2. The van der Waals surface area contributed by atoms with Crippen LogP contribution in [0.15, 0.2) is 48.0 Å². The molecule has 0 saturated heterocycles. The van der Waals surface area contributed by atoms with Gasteiger partial charge in [-0.25, -0.2) is 4.98 Å². The van der Waals surface area contributed by atoms with Crippen LogP contribution in [0.4, 0.5) is 5.69 Å². The molecule has 0 radical (unpaired) electrons. The summed E-state index contributed by atoms with van der Waals surface area (Å²) >= 11 is 1.66. The lowest BCUT2D eigenvalue weighted by atomic mass is 10.1. The number of nitrogen functional groups attached to an aromatic ring is 1. The Morgan fingerprint density at radius 1 is 0.938 bits per heavy atom. The maximum absolute atomic E-state index is 5.67. The minimum atomic E-state index is 0.790. The molecular formula is C13H10N2S. The van der Waals surface area contributed by atoms with Gasteiger partial charge in [0.2, 0.25) is 0 Å². The van der Waals surface area contributed by atoms with Crippen molar-refractivity contribution in [1.29, 1.82) is 0 Å². The van der Waals surface area contributed by atoms with Gasteiger partial charge >= 0.3 is 0 Å². The predicted molar refractivity (Wildman–Crippen MR) is 69.5 cm³/mol. The van der Waals surface area contributed by atoms with Gasteiger partial charge in [-0.1, -0.05) is 18.2 Å². The smallest absolute Gasteiger partial charge is 0.0818 e. The maximum atomic E-state index is 5.67. The average molecular weight is 226 g/mol. The van der Waals surface area contributed by atoms with Crippen LogP contribution >= 0.6 is 11.3 Å². The fourth-order valence-corrected chi connectivity index (χ4v) is 2.37. The molecule has 0 amide bonds. The molecule has 1 heterocycles. The van der Waals surface area contributed by atoms with Gasteiger partial charge in [0.15, 0.2) is 0 Å². The molecule has 0 bridgehead atoms. The molecule has 0 unspecified atom stereocenters. The lowest BCUT2D eigenvalue weighted by molar-refractivity contribution is 1.50. The van der Waals surface area contributed by atoms with Crippen LogP contribution in [0.5, 0.6) is 0 Å². The zero-order chi connectivity index (χ0) is 11.0. The van der Waals surface area contributed by atoms with Crippen molar-refractivity contribution in [2.24, 2.45) is 0 Å². The van der Waals surface area contributed by atoms with Crippen LogP contribution in [0.2, 0.25) is 0 Å². The number of aromatic nitrogens is 1. The summed E-state index contributed by atoms with van der Waals surface area (Å²) < 4.78 is 1.22. The molecule has 2 nitrogen and oxygen atoms in total. The molecule has 0 atom stereocenters. The van der Waals surface area contributed by atoms with Gasteiger partial charge in [0, 0.05) is 5.69 Å². The first kappa shape index (κ1) is 9.36. The van der Waals surface area contributed by atoms with E-state index in [1.807, 2.05) is 29.8 Å². The van der Waals surface area contributed by atoms with Crippen LogP contribution in [-0.4, -0.2) is 4.98 Å². The van der Waals surface area contributed by atoms with E-state index in [-0.39, 0.29) is 0 Å². The number of benzene rings is 2. The Bertz CT molecular complexity index is 626. The number of fused-ring (bicyclic) bond motifs is 1. The van der Waals surface area contributed by atoms with Gasteiger partial charge in [-0.2, -0.15) is 0 Å². The molecule has 1 aromatic heterocycles. The number of anilines is 1. The Labute approximate surface area is 97.4 Å². The van der Waals surface area contributed by atoms with Gasteiger partial charge in [0.1, 0.15) is 0 Å². The summed E-state index contributed by atoms with van der Waals surface area (Å²) in [7, 11) is 0. The molecule has 0 aliphatic heterocycles. The molecule has 0 saturated carbocycles. The highest BCUT2D eigenvalue weighted by Gasteiger charge is 2.01. The average Bonchev–Trinajstić information content (AvgIpc) is 2.77. The van der Waals surface area contributed by atoms with E-state index in [4.69, 9.17) is 5.73 Å². The van der Waals surface area contributed by atoms with Crippen molar-refractivity contribution in [3.63, 3.8) is 0 Å². The quantitative estimate of drug-likeness (QED) is 0.644. The van der Waals surface area contributed by atoms with Crippen molar-refractivity contribution in [2.75, 3.05) is 5.73 Å². The Balaban J connectivity index is 2.14. The Morgan fingerprint density at radius 2 is 1.69 bits per heavy atom. The van der Waals surface area contributed by atoms with Gasteiger partial charge in [-0.3, -0.25) is 0 Å². The number of hydrogen-bond donors (Lipinski definition) is 1. The van der Waals surface area contributed by atoms with E-state index in [1.54, 1.807) is 11.3 Å². The van der Waals surface area contributed by atoms with Gasteiger partial charge < -0.3 is 5.73 Å². The van der Waals surface area contributed by atoms with Gasteiger partial charge in [0.25, 0.3) is 0 Å². The number of nitrogens with zero attached hydrogens (tertiary/aromatic N) is 1. The van der Waals surface area contributed by atoms with Crippen LogP contribution in [-0.2, 0) is 0 Å². The summed E-state index contributed by atoms with van der Waals surface area (Å²) in [5.41, 5.74) is 11.7. The first-order valence-electron chi connectivity index (χ1n) is 5.02. The molecule has 3 rings (SSSR count).